The second kappa shape index (κ2) is 7.38. The van der Waals surface area contributed by atoms with Gasteiger partial charge in [-0.05, 0) is 33.2 Å². The average molecular weight is 286 g/mol. The fourth-order valence-electron chi connectivity index (χ4n) is 1.97. The van der Waals surface area contributed by atoms with Crippen molar-refractivity contribution >= 4 is 17.7 Å². The van der Waals surface area contributed by atoms with Crippen LogP contribution in [0.25, 0.3) is 0 Å². The summed E-state index contributed by atoms with van der Waals surface area (Å²) in [6.45, 7) is 10.4. The quantitative estimate of drug-likeness (QED) is 0.692. The Kier molecular flexibility index (Phi) is 6.85. The Balaban J connectivity index is 4.81. The van der Waals surface area contributed by atoms with Gasteiger partial charge in [0.05, 0.1) is 12.6 Å². The van der Waals surface area contributed by atoms with Crippen molar-refractivity contribution in [2.45, 2.75) is 53.1 Å². The molecule has 0 aromatic heterocycles. The van der Waals surface area contributed by atoms with Crippen LogP contribution in [0.2, 0.25) is 0 Å². The molecule has 0 saturated carbocycles. The summed E-state index contributed by atoms with van der Waals surface area (Å²) in [7, 11) is 0. The van der Waals surface area contributed by atoms with Crippen molar-refractivity contribution in [2.24, 2.45) is 5.92 Å². The van der Waals surface area contributed by atoms with Gasteiger partial charge < -0.3 is 10.4 Å². The molecule has 0 aromatic carbocycles. The molecule has 0 heterocycles. The number of hydrogen-bond acceptors (Lipinski definition) is 4. The third-order valence-corrected chi connectivity index (χ3v) is 3.45. The van der Waals surface area contributed by atoms with E-state index in [-0.39, 0.29) is 24.2 Å². The Morgan fingerprint density at radius 1 is 1.25 bits per heavy atom. The minimum absolute atomic E-state index is 0.000916. The van der Waals surface area contributed by atoms with Crippen molar-refractivity contribution in [3.8, 4) is 0 Å². The van der Waals surface area contributed by atoms with Gasteiger partial charge in [-0.25, -0.2) is 0 Å². The molecule has 116 valence electrons. The molecule has 0 saturated heterocycles. The summed E-state index contributed by atoms with van der Waals surface area (Å²) in [6, 6.07) is -0.533. The summed E-state index contributed by atoms with van der Waals surface area (Å²) in [6.07, 6.45) is 0. The lowest BCUT2D eigenvalue weighted by molar-refractivity contribution is -0.150. The van der Waals surface area contributed by atoms with Gasteiger partial charge in [-0.1, -0.05) is 20.8 Å². The van der Waals surface area contributed by atoms with Gasteiger partial charge in [-0.2, -0.15) is 0 Å². The summed E-state index contributed by atoms with van der Waals surface area (Å²) in [4.78, 5) is 36.2. The molecule has 0 aromatic rings. The number of nitrogens with one attached hydrogen (secondary N) is 1. The van der Waals surface area contributed by atoms with Crippen LogP contribution in [0.3, 0.4) is 0 Å². The number of carboxylic acid groups (broad SMARTS) is 1. The maximum Gasteiger partial charge on any atom is 0.323 e. The highest BCUT2D eigenvalue weighted by Gasteiger charge is 2.35. The fraction of sp³-hybridized carbons (Fsp3) is 0.786. The van der Waals surface area contributed by atoms with Crippen LogP contribution in [0.1, 0.15) is 41.5 Å². The van der Waals surface area contributed by atoms with Gasteiger partial charge in [0.15, 0.2) is 5.78 Å². The number of carboxylic acids is 1. The fourth-order valence-corrected chi connectivity index (χ4v) is 1.97. The van der Waals surface area contributed by atoms with Crippen LogP contribution in [0.5, 0.6) is 0 Å². The first-order valence-electron chi connectivity index (χ1n) is 6.82. The van der Waals surface area contributed by atoms with Crippen molar-refractivity contribution < 1.29 is 19.5 Å². The van der Waals surface area contributed by atoms with E-state index in [0.29, 0.717) is 6.54 Å². The highest BCUT2D eigenvalue weighted by atomic mass is 16.4. The summed E-state index contributed by atoms with van der Waals surface area (Å²) in [5.74, 6) is -1.43. The number of amides is 1. The summed E-state index contributed by atoms with van der Waals surface area (Å²) in [5, 5.41) is 11.9. The molecule has 20 heavy (non-hydrogen) atoms. The maximum absolute atomic E-state index is 12.0. The van der Waals surface area contributed by atoms with Crippen LogP contribution in [0.4, 0.5) is 0 Å². The molecule has 0 aliphatic heterocycles. The molecular formula is C14H26N2O4. The topological polar surface area (TPSA) is 86.7 Å². The van der Waals surface area contributed by atoms with Crippen LogP contribution < -0.4 is 5.32 Å². The molecule has 0 aliphatic carbocycles. The second-order valence-corrected chi connectivity index (χ2v) is 5.78. The minimum Gasteiger partial charge on any atom is -0.480 e. The van der Waals surface area contributed by atoms with Crippen LogP contribution in [-0.4, -0.2) is 52.3 Å². The van der Waals surface area contributed by atoms with Gasteiger partial charge in [-0.15, -0.1) is 0 Å². The number of hydrogen-bond donors (Lipinski definition) is 2. The molecule has 6 nitrogen and oxygen atoms in total. The van der Waals surface area contributed by atoms with E-state index >= 15 is 0 Å². The SMILES string of the molecule is CCN(CC(=O)NC(C(C)=O)C(C)C)C(C)(C)C(=O)O. The van der Waals surface area contributed by atoms with E-state index in [1.165, 1.54) is 6.92 Å². The third-order valence-electron chi connectivity index (χ3n) is 3.45. The monoisotopic (exact) mass is 286 g/mol. The zero-order chi connectivity index (χ0) is 16.1. The molecule has 0 rings (SSSR count). The van der Waals surface area contributed by atoms with E-state index < -0.39 is 17.6 Å². The predicted octanol–water partition coefficient (Wildman–Crippen LogP) is 0.901. The number of ketones is 1. The van der Waals surface area contributed by atoms with Crippen molar-refractivity contribution in [1.29, 1.82) is 0 Å². The largest absolute Gasteiger partial charge is 0.480 e. The third kappa shape index (κ3) is 4.92. The minimum atomic E-state index is -1.13. The van der Waals surface area contributed by atoms with Crippen LogP contribution in [-0.2, 0) is 14.4 Å². The lowest BCUT2D eigenvalue weighted by Gasteiger charge is -2.34. The number of likely N-dealkylation sites (N-methyl/N-ethyl adjacent to an activating group) is 1. The second-order valence-electron chi connectivity index (χ2n) is 5.78. The molecule has 1 unspecified atom stereocenters. The van der Waals surface area contributed by atoms with Gasteiger partial charge in [0.25, 0.3) is 0 Å². The van der Waals surface area contributed by atoms with Gasteiger partial charge in [0.1, 0.15) is 5.54 Å². The summed E-state index contributed by atoms with van der Waals surface area (Å²) in [5.41, 5.74) is -1.13. The Labute approximate surface area is 120 Å². The van der Waals surface area contributed by atoms with Crippen molar-refractivity contribution in [3.05, 3.63) is 0 Å². The van der Waals surface area contributed by atoms with Crippen molar-refractivity contribution in [3.63, 3.8) is 0 Å². The Bertz CT molecular complexity index is 377. The molecule has 1 atom stereocenters. The van der Waals surface area contributed by atoms with Crippen LogP contribution in [0, 0.1) is 5.92 Å². The lowest BCUT2D eigenvalue weighted by atomic mass is 10.0. The number of aliphatic carboxylic acids is 1. The number of carbonyl (C=O) groups is 3. The Morgan fingerprint density at radius 3 is 2.05 bits per heavy atom. The molecule has 0 aliphatic rings. The Morgan fingerprint density at radius 2 is 1.75 bits per heavy atom. The van der Waals surface area contributed by atoms with Crippen molar-refractivity contribution in [2.75, 3.05) is 13.1 Å². The zero-order valence-electron chi connectivity index (χ0n) is 13.2. The van der Waals surface area contributed by atoms with Gasteiger partial charge >= 0.3 is 5.97 Å². The normalized spacial score (nSPS) is 13.4. The van der Waals surface area contributed by atoms with Gasteiger partial charge in [0, 0.05) is 0 Å². The van der Waals surface area contributed by atoms with E-state index in [1.54, 1.807) is 25.7 Å². The molecule has 6 heteroatoms. The Hall–Kier alpha value is -1.43. The van der Waals surface area contributed by atoms with E-state index in [0.717, 1.165) is 0 Å². The standard InChI is InChI=1S/C14H26N2O4/c1-7-16(14(5,6)13(19)20)8-11(18)15-12(9(2)3)10(4)17/h9,12H,7-8H2,1-6H3,(H,15,18)(H,19,20). The van der Waals surface area contributed by atoms with E-state index in [2.05, 4.69) is 5.32 Å². The smallest absolute Gasteiger partial charge is 0.323 e. The molecule has 0 radical (unpaired) electrons. The number of rotatable bonds is 8. The highest BCUT2D eigenvalue weighted by molar-refractivity contribution is 5.88. The molecular weight excluding hydrogens is 260 g/mol. The number of carbonyl (C=O) groups excluding carboxylic acids is 2. The first-order chi connectivity index (χ1) is 9.03. The first-order valence-corrected chi connectivity index (χ1v) is 6.82. The maximum atomic E-state index is 12.0. The van der Waals surface area contributed by atoms with Gasteiger partial charge in [-0.3, -0.25) is 19.3 Å². The van der Waals surface area contributed by atoms with Crippen LogP contribution >= 0.6 is 0 Å². The first kappa shape index (κ1) is 18.6. The molecule has 0 bridgehead atoms. The average Bonchev–Trinajstić information content (AvgIpc) is 2.31. The van der Waals surface area contributed by atoms with Crippen molar-refractivity contribution in [1.82, 2.24) is 10.2 Å². The van der Waals surface area contributed by atoms with Gasteiger partial charge in [0.2, 0.25) is 5.91 Å². The van der Waals surface area contributed by atoms with E-state index in [9.17, 15) is 19.5 Å². The zero-order valence-corrected chi connectivity index (χ0v) is 13.2. The molecule has 2 N–H and O–H groups in total. The van der Waals surface area contributed by atoms with E-state index in [4.69, 9.17) is 0 Å². The predicted molar refractivity (Wildman–Crippen MR) is 76.4 cm³/mol. The number of nitrogens with zero attached hydrogens (tertiary/aromatic N) is 1. The molecule has 1 amide bonds. The summed E-state index contributed by atoms with van der Waals surface area (Å²) < 4.78 is 0. The summed E-state index contributed by atoms with van der Waals surface area (Å²) >= 11 is 0. The highest BCUT2D eigenvalue weighted by Crippen LogP contribution is 2.14. The van der Waals surface area contributed by atoms with Crippen LogP contribution in [0.15, 0.2) is 0 Å². The van der Waals surface area contributed by atoms with E-state index in [1.807, 2.05) is 13.8 Å². The lowest BCUT2D eigenvalue weighted by Crippen LogP contribution is -2.55. The molecule has 0 spiro atoms. The molecule has 0 fully saturated rings. The number of Topliss-reactive ketones (excluding diaryl/α,β-unsaturated/α-hetero) is 1.